The van der Waals surface area contributed by atoms with Crippen LogP contribution in [0.4, 0.5) is 0 Å². The van der Waals surface area contributed by atoms with Gasteiger partial charge in [-0.05, 0) is 64.4 Å². The summed E-state index contributed by atoms with van der Waals surface area (Å²) in [5, 5.41) is 14.3. The Labute approximate surface area is 190 Å². The molecular weight excluding hydrogens is 414 g/mol. The fraction of sp³-hybridized carbons (Fsp3) is 0.240. The molecule has 1 fully saturated rings. The van der Waals surface area contributed by atoms with Gasteiger partial charge in [0.05, 0.1) is 13.2 Å². The molecule has 0 saturated heterocycles. The van der Waals surface area contributed by atoms with Gasteiger partial charge in [-0.3, -0.25) is 4.57 Å². The number of pyridine rings is 1. The maximum absolute atomic E-state index is 6.11. The van der Waals surface area contributed by atoms with Gasteiger partial charge in [0.2, 0.25) is 0 Å². The lowest BCUT2D eigenvalue weighted by Gasteiger charge is -2.11. The standard InChI is InChI=1S/C25H23N7O/c1-16-12-13-26-24-22(16)27-25(33-15-18-6-7-18)32(24)14-17-8-10-19(11-9-17)20-4-2-3-5-21(20)23-28-30-31-29-23/h2-5,8-13,18H,6-7,14-15H2,1H3,(H,28,29,30,31). The number of tetrazole rings is 1. The maximum Gasteiger partial charge on any atom is 0.298 e. The highest BCUT2D eigenvalue weighted by Gasteiger charge is 2.24. The van der Waals surface area contributed by atoms with Crippen LogP contribution in [0, 0.1) is 12.8 Å². The predicted molar refractivity (Wildman–Crippen MR) is 125 cm³/mol. The molecule has 0 bridgehead atoms. The van der Waals surface area contributed by atoms with Crippen LogP contribution in [0.2, 0.25) is 0 Å². The van der Waals surface area contributed by atoms with Crippen molar-refractivity contribution in [2.45, 2.75) is 26.3 Å². The average Bonchev–Trinajstić information content (AvgIpc) is 3.38. The number of hydrogen-bond acceptors (Lipinski definition) is 6. The van der Waals surface area contributed by atoms with E-state index in [1.54, 1.807) is 0 Å². The minimum Gasteiger partial charge on any atom is -0.464 e. The van der Waals surface area contributed by atoms with Crippen molar-refractivity contribution in [3.8, 4) is 28.5 Å². The van der Waals surface area contributed by atoms with Gasteiger partial charge in [-0.15, -0.1) is 5.10 Å². The van der Waals surface area contributed by atoms with E-state index in [9.17, 15) is 0 Å². The molecule has 2 aromatic carbocycles. The summed E-state index contributed by atoms with van der Waals surface area (Å²) in [6, 6.07) is 19.2. The quantitative estimate of drug-likeness (QED) is 0.405. The number of aromatic nitrogens is 7. The van der Waals surface area contributed by atoms with Crippen LogP contribution in [0.5, 0.6) is 6.01 Å². The molecule has 1 saturated carbocycles. The van der Waals surface area contributed by atoms with Gasteiger partial charge in [0.25, 0.3) is 6.01 Å². The Balaban J connectivity index is 1.32. The molecule has 33 heavy (non-hydrogen) atoms. The average molecular weight is 438 g/mol. The molecule has 0 atom stereocenters. The van der Waals surface area contributed by atoms with Crippen LogP contribution in [0.25, 0.3) is 33.7 Å². The zero-order chi connectivity index (χ0) is 22.2. The molecule has 5 aromatic rings. The summed E-state index contributed by atoms with van der Waals surface area (Å²) in [6.45, 7) is 3.41. The lowest BCUT2D eigenvalue weighted by molar-refractivity contribution is 0.267. The first kappa shape index (κ1) is 19.6. The first-order valence-corrected chi connectivity index (χ1v) is 11.1. The number of aromatic amines is 1. The van der Waals surface area contributed by atoms with Crippen molar-refractivity contribution >= 4 is 11.2 Å². The highest BCUT2D eigenvalue weighted by Crippen LogP contribution is 2.32. The molecule has 0 unspecified atom stereocenters. The van der Waals surface area contributed by atoms with Crippen LogP contribution in [-0.2, 0) is 6.54 Å². The molecule has 3 heterocycles. The Morgan fingerprint density at radius 2 is 1.85 bits per heavy atom. The first-order valence-electron chi connectivity index (χ1n) is 11.1. The Hall–Kier alpha value is -4.07. The topological polar surface area (TPSA) is 94.4 Å². The molecule has 0 spiro atoms. The second-order valence-corrected chi connectivity index (χ2v) is 8.53. The molecule has 6 rings (SSSR count). The molecule has 1 N–H and O–H groups in total. The highest BCUT2D eigenvalue weighted by molar-refractivity contribution is 5.80. The molecule has 164 valence electrons. The fourth-order valence-electron chi connectivity index (χ4n) is 4.03. The van der Waals surface area contributed by atoms with E-state index in [4.69, 9.17) is 9.72 Å². The SMILES string of the molecule is Cc1ccnc2c1nc(OCC1CC1)n2Cc1ccc(-c2ccccc2-c2nnn[nH]2)cc1. The van der Waals surface area contributed by atoms with Crippen molar-refractivity contribution in [3.63, 3.8) is 0 Å². The molecule has 1 aliphatic rings. The van der Waals surface area contributed by atoms with E-state index in [2.05, 4.69) is 67.4 Å². The van der Waals surface area contributed by atoms with Crippen LogP contribution < -0.4 is 4.74 Å². The summed E-state index contributed by atoms with van der Waals surface area (Å²) >= 11 is 0. The Kier molecular flexibility index (Phi) is 4.83. The minimum absolute atomic E-state index is 0.640. The van der Waals surface area contributed by atoms with E-state index in [1.165, 1.54) is 12.8 Å². The van der Waals surface area contributed by atoms with Crippen molar-refractivity contribution in [2.24, 2.45) is 5.92 Å². The van der Waals surface area contributed by atoms with Gasteiger partial charge in [0.15, 0.2) is 11.5 Å². The number of fused-ring (bicyclic) bond motifs is 1. The number of aryl methyl sites for hydroxylation is 1. The van der Waals surface area contributed by atoms with Gasteiger partial charge in [0, 0.05) is 11.8 Å². The van der Waals surface area contributed by atoms with Crippen molar-refractivity contribution in [3.05, 3.63) is 71.9 Å². The van der Waals surface area contributed by atoms with E-state index in [1.807, 2.05) is 30.5 Å². The summed E-state index contributed by atoms with van der Waals surface area (Å²) in [4.78, 5) is 9.37. The van der Waals surface area contributed by atoms with Crippen molar-refractivity contribution in [2.75, 3.05) is 6.61 Å². The zero-order valence-corrected chi connectivity index (χ0v) is 18.3. The number of ether oxygens (including phenoxy) is 1. The third-order valence-corrected chi connectivity index (χ3v) is 6.08. The number of imidazole rings is 1. The molecule has 1 aliphatic carbocycles. The summed E-state index contributed by atoms with van der Waals surface area (Å²) in [5.41, 5.74) is 7.14. The Bertz CT molecular complexity index is 1400. The summed E-state index contributed by atoms with van der Waals surface area (Å²) in [5.74, 6) is 1.31. The van der Waals surface area contributed by atoms with Gasteiger partial charge in [-0.25, -0.2) is 10.1 Å². The van der Waals surface area contributed by atoms with Crippen molar-refractivity contribution < 1.29 is 4.74 Å². The summed E-state index contributed by atoms with van der Waals surface area (Å²) in [7, 11) is 0. The second kappa shape index (κ2) is 8.12. The van der Waals surface area contributed by atoms with E-state index in [0.29, 0.717) is 30.9 Å². The molecule has 8 nitrogen and oxygen atoms in total. The number of benzene rings is 2. The normalized spacial score (nSPS) is 13.5. The summed E-state index contributed by atoms with van der Waals surface area (Å²) < 4.78 is 8.19. The van der Waals surface area contributed by atoms with E-state index < -0.39 is 0 Å². The number of rotatable bonds is 7. The third kappa shape index (κ3) is 3.84. The maximum atomic E-state index is 6.11. The van der Waals surface area contributed by atoms with Gasteiger partial charge >= 0.3 is 0 Å². The van der Waals surface area contributed by atoms with Crippen LogP contribution in [0.3, 0.4) is 0 Å². The zero-order valence-electron chi connectivity index (χ0n) is 18.3. The lowest BCUT2D eigenvalue weighted by Crippen LogP contribution is -2.08. The van der Waals surface area contributed by atoms with E-state index in [0.717, 1.165) is 39.0 Å². The molecular formula is C25H23N7O. The second-order valence-electron chi connectivity index (χ2n) is 8.53. The number of nitrogens with one attached hydrogen (secondary N) is 1. The molecule has 0 aliphatic heterocycles. The number of H-pyrrole nitrogens is 1. The van der Waals surface area contributed by atoms with Crippen LogP contribution in [0.15, 0.2) is 60.8 Å². The lowest BCUT2D eigenvalue weighted by atomic mass is 9.98. The van der Waals surface area contributed by atoms with E-state index >= 15 is 0 Å². The molecule has 0 radical (unpaired) electrons. The third-order valence-electron chi connectivity index (χ3n) is 6.08. The van der Waals surface area contributed by atoms with Crippen LogP contribution >= 0.6 is 0 Å². The minimum atomic E-state index is 0.640. The van der Waals surface area contributed by atoms with Gasteiger partial charge < -0.3 is 4.74 Å². The van der Waals surface area contributed by atoms with E-state index in [-0.39, 0.29) is 0 Å². The summed E-state index contributed by atoms with van der Waals surface area (Å²) in [6.07, 6.45) is 4.31. The predicted octanol–water partition coefficient (Wildman–Crippen LogP) is 4.42. The first-order chi connectivity index (χ1) is 16.3. The van der Waals surface area contributed by atoms with Gasteiger partial charge in [-0.1, -0.05) is 48.5 Å². The monoisotopic (exact) mass is 437 g/mol. The van der Waals surface area contributed by atoms with Crippen LogP contribution in [-0.4, -0.2) is 41.8 Å². The molecule has 0 amide bonds. The molecule has 8 heteroatoms. The number of hydrogen-bond donors (Lipinski definition) is 1. The largest absolute Gasteiger partial charge is 0.464 e. The van der Waals surface area contributed by atoms with Crippen molar-refractivity contribution in [1.82, 2.24) is 35.2 Å². The fourth-order valence-corrected chi connectivity index (χ4v) is 4.03. The Morgan fingerprint density at radius 1 is 1.03 bits per heavy atom. The number of nitrogens with zero attached hydrogens (tertiary/aromatic N) is 6. The van der Waals surface area contributed by atoms with Gasteiger partial charge in [0.1, 0.15) is 5.52 Å². The Morgan fingerprint density at radius 3 is 2.61 bits per heavy atom. The highest BCUT2D eigenvalue weighted by atomic mass is 16.5. The molecule has 3 aromatic heterocycles. The van der Waals surface area contributed by atoms with Gasteiger partial charge in [-0.2, -0.15) is 4.98 Å². The van der Waals surface area contributed by atoms with Crippen LogP contribution in [0.1, 0.15) is 24.0 Å². The smallest absolute Gasteiger partial charge is 0.298 e. The van der Waals surface area contributed by atoms with Crippen molar-refractivity contribution in [1.29, 1.82) is 0 Å².